The highest BCUT2D eigenvalue weighted by Crippen LogP contribution is 2.05. The molecule has 1 heterocycles. The highest BCUT2D eigenvalue weighted by atomic mass is 15.2. The lowest BCUT2D eigenvalue weighted by molar-refractivity contribution is -0.503. The van der Waals surface area contributed by atoms with Crippen LogP contribution in [0, 0.1) is 0 Å². The van der Waals surface area contributed by atoms with Crippen LogP contribution in [0.3, 0.4) is 0 Å². The minimum Gasteiger partial charge on any atom is -0.271 e. The maximum atomic E-state index is 2.37. The van der Waals surface area contributed by atoms with Crippen molar-refractivity contribution in [3.05, 3.63) is 35.9 Å². The van der Waals surface area contributed by atoms with Gasteiger partial charge in [0.2, 0.25) is 6.34 Å². The maximum Gasteiger partial charge on any atom is 0.234 e. The highest BCUT2D eigenvalue weighted by molar-refractivity contribution is 5.49. The van der Waals surface area contributed by atoms with E-state index in [1.54, 1.807) is 0 Å². The third-order valence-corrected chi connectivity index (χ3v) is 2.55. The van der Waals surface area contributed by atoms with E-state index in [4.69, 9.17) is 0 Å². The molecule has 0 spiro atoms. The fraction of sp³-hybridized carbons (Fsp3) is 0.417. The molecule has 0 unspecified atom stereocenters. The lowest BCUT2D eigenvalue weighted by Gasteiger charge is -2.18. The molecule has 0 N–H and O–H groups in total. The molecular formula is C12H17N2+. The maximum absolute atomic E-state index is 2.37. The van der Waals surface area contributed by atoms with Crippen molar-refractivity contribution in [3.8, 4) is 0 Å². The molecule has 74 valence electrons. The predicted octanol–water partition coefficient (Wildman–Crippen LogP) is 1.56. The Kier molecular flexibility index (Phi) is 2.82. The van der Waals surface area contributed by atoms with Crippen LogP contribution < -0.4 is 0 Å². The van der Waals surface area contributed by atoms with Crippen LogP contribution in [-0.4, -0.2) is 36.0 Å². The molecule has 0 aromatic heterocycles. The molecule has 2 rings (SSSR count). The van der Waals surface area contributed by atoms with E-state index in [0.717, 1.165) is 6.54 Å². The Balaban J connectivity index is 2.01. The molecule has 0 amide bonds. The van der Waals surface area contributed by atoms with E-state index in [-0.39, 0.29) is 0 Å². The lowest BCUT2D eigenvalue weighted by Crippen LogP contribution is -2.34. The quantitative estimate of drug-likeness (QED) is 0.640. The van der Waals surface area contributed by atoms with Crippen molar-refractivity contribution in [2.75, 3.05) is 20.1 Å². The first kappa shape index (κ1) is 9.25. The fourth-order valence-electron chi connectivity index (χ4n) is 1.86. The van der Waals surface area contributed by atoms with Crippen LogP contribution >= 0.6 is 0 Å². The van der Waals surface area contributed by atoms with E-state index in [1.165, 1.54) is 25.1 Å². The van der Waals surface area contributed by atoms with Crippen LogP contribution in [0.2, 0.25) is 0 Å². The molecule has 0 fully saturated rings. The van der Waals surface area contributed by atoms with E-state index < -0.39 is 0 Å². The molecule has 1 aliphatic heterocycles. The summed E-state index contributed by atoms with van der Waals surface area (Å²) >= 11 is 0. The summed E-state index contributed by atoms with van der Waals surface area (Å²) in [6.45, 7) is 3.40. The molecule has 0 saturated heterocycles. The second kappa shape index (κ2) is 4.27. The normalized spacial score (nSPS) is 16.6. The summed E-state index contributed by atoms with van der Waals surface area (Å²) in [7, 11) is 2.14. The largest absolute Gasteiger partial charge is 0.271 e. The minimum atomic E-state index is 1.03. The monoisotopic (exact) mass is 189 g/mol. The van der Waals surface area contributed by atoms with Crippen LogP contribution in [0.15, 0.2) is 30.3 Å². The molecule has 2 heteroatoms. The van der Waals surface area contributed by atoms with Crippen molar-refractivity contribution in [2.45, 2.75) is 13.0 Å². The Bertz CT molecular complexity index is 316. The molecule has 1 aromatic rings. The SMILES string of the molecule is C[N+]1=CN(Cc2ccccc2)CCC1. The van der Waals surface area contributed by atoms with Gasteiger partial charge < -0.3 is 0 Å². The van der Waals surface area contributed by atoms with Gasteiger partial charge in [-0.2, -0.15) is 0 Å². The van der Waals surface area contributed by atoms with Crippen molar-refractivity contribution >= 4 is 6.34 Å². The van der Waals surface area contributed by atoms with Crippen molar-refractivity contribution < 1.29 is 4.58 Å². The van der Waals surface area contributed by atoms with Gasteiger partial charge in [-0.3, -0.25) is 9.48 Å². The Morgan fingerprint density at radius 2 is 2.07 bits per heavy atom. The lowest BCUT2D eigenvalue weighted by atomic mass is 10.2. The van der Waals surface area contributed by atoms with Gasteiger partial charge in [-0.15, -0.1) is 0 Å². The van der Waals surface area contributed by atoms with E-state index in [1.807, 2.05) is 0 Å². The minimum absolute atomic E-state index is 1.03. The summed E-state index contributed by atoms with van der Waals surface area (Å²) in [5.74, 6) is 0. The Labute approximate surface area is 85.5 Å². The summed E-state index contributed by atoms with van der Waals surface area (Å²) < 4.78 is 2.26. The molecular weight excluding hydrogens is 172 g/mol. The molecule has 0 atom stereocenters. The number of nitrogens with zero attached hydrogens (tertiary/aromatic N) is 2. The van der Waals surface area contributed by atoms with E-state index >= 15 is 0 Å². The highest BCUT2D eigenvalue weighted by Gasteiger charge is 2.13. The van der Waals surface area contributed by atoms with Crippen molar-refractivity contribution in [3.63, 3.8) is 0 Å². The average Bonchev–Trinajstić information content (AvgIpc) is 2.19. The fourth-order valence-corrected chi connectivity index (χ4v) is 1.86. The number of rotatable bonds is 2. The van der Waals surface area contributed by atoms with Gasteiger partial charge in [0, 0.05) is 6.42 Å². The van der Waals surface area contributed by atoms with Gasteiger partial charge >= 0.3 is 0 Å². The zero-order valence-corrected chi connectivity index (χ0v) is 8.69. The standard InChI is InChI=1S/C12H17N2/c1-13-8-5-9-14(11-13)10-12-6-3-2-4-7-12/h2-4,6-7,11H,5,8-10H2,1H3/q+1. The molecule has 1 aromatic carbocycles. The first-order chi connectivity index (χ1) is 6.84. The predicted molar refractivity (Wildman–Crippen MR) is 58.6 cm³/mol. The van der Waals surface area contributed by atoms with E-state index in [9.17, 15) is 0 Å². The molecule has 14 heavy (non-hydrogen) atoms. The third-order valence-electron chi connectivity index (χ3n) is 2.55. The number of hydrogen-bond donors (Lipinski definition) is 0. The Morgan fingerprint density at radius 3 is 2.79 bits per heavy atom. The Morgan fingerprint density at radius 1 is 1.29 bits per heavy atom. The zero-order chi connectivity index (χ0) is 9.80. The summed E-state index contributed by atoms with van der Waals surface area (Å²) in [4.78, 5) is 2.37. The van der Waals surface area contributed by atoms with Crippen molar-refractivity contribution in [1.29, 1.82) is 0 Å². The summed E-state index contributed by atoms with van der Waals surface area (Å²) in [5, 5.41) is 0. The van der Waals surface area contributed by atoms with Gasteiger partial charge in [0.25, 0.3) is 0 Å². The van der Waals surface area contributed by atoms with Gasteiger partial charge in [-0.1, -0.05) is 30.3 Å². The third kappa shape index (κ3) is 2.34. The van der Waals surface area contributed by atoms with Gasteiger partial charge in [-0.25, -0.2) is 0 Å². The second-order valence-electron chi connectivity index (χ2n) is 3.91. The topological polar surface area (TPSA) is 6.25 Å². The van der Waals surface area contributed by atoms with Crippen LogP contribution in [0.5, 0.6) is 0 Å². The second-order valence-corrected chi connectivity index (χ2v) is 3.91. The van der Waals surface area contributed by atoms with Crippen molar-refractivity contribution in [2.24, 2.45) is 0 Å². The van der Waals surface area contributed by atoms with Gasteiger partial charge in [0.1, 0.15) is 6.54 Å². The number of benzene rings is 1. The van der Waals surface area contributed by atoms with Crippen LogP contribution in [-0.2, 0) is 6.54 Å². The molecule has 2 nitrogen and oxygen atoms in total. The van der Waals surface area contributed by atoms with Gasteiger partial charge in [0.15, 0.2) is 0 Å². The van der Waals surface area contributed by atoms with Crippen molar-refractivity contribution in [1.82, 2.24) is 4.90 Å². The van der Waals surface area contributed by atoms with Crippen LogP contribution in [0.25, 0.3) is 0 Å². The van der Waals surface area contributed by atoms with Crippen LogP contribution in [0.1, 0.15) is 12.0 Å². The molecule has 0 aliphatic carbocycles. The van der Waals surface area contributed by atoms with Crippen LogP contribution in [0.4, 0.5) is 0 Å². The summed E-state index contributed by atoms with van der Waals surface area (Å²) in [6, 6.07) is 10.6. The summed E-state index contributed by atoms with van der Waals surface area (Å²) in [6.07, 6.45) is 3.48. The van der Waals surface area contributed by atoms with Gasteiger partial charge in [-0.05, 0) is 5.56 Å². The molecule has 0 saturated carbocycles. The average molecular weight is 189 g/mol. The first-order valence-electron chi connectivity index (χ1n) is 5.18. The number of hydrogen-bond acceptors (Lipinski definition) is 1. The molecule has 0 bridgehead atoms. The van der Waals surface area contributed by atoms with E-state index in [0.29, 0.717) is 0 Å². The summed E-state index contributed by atoms with van der Waals surface area (Å²) in [5.41, 5.74) is 1.39. The smallest absolute Gasteiger partial charge is 0.234 e. The zero-order valence-electron chi connectivity index (χ0n) is 8.69. The van der Waals surface area contributed by atoms with Gasteiger partial charge in [0.05, 0.1) is 20.1 Å². The first-order valence-corrected chi connectivity index (χ1v) is 5.18. The Hall–Kier alpha value is -1.31. The van der Waals surface area contributed by atoms with E-state index in [2.05, 4.69) is 53.2 Å². The molecule has 0 radical (unpaired) electrons. The molecule has 1 aliphatic rings.